The topological polar surface area (TPSA) is 93.2 Å². The Balaban J connectivity index is 2.09. The molecule has 1 aromatic carbocycles. The molecule has 0 aliphatic heterocycles. The molecule has 2 rings (SSSR count). The number of fused-ring (bicyclic) bond motifs is 1. The number of nitrogens with zero attached hydrogens (tertiary/aromatic N) is 2. The quantitative estimate of drug-likeness (QED) is 0.461. The standard InChI is InChI=1S/C11H14N4O3/c1-12-5-2-6-13-11-14-9-7-8(15(16)17)3-4-10(9)18-11/h3-4,7,12H,2,5-6H2,1H3,(H,13,14). The van der Waals surface area contributed by atoms with Gasteiger partial charge in [-0.1, -0.05) is 0 Å². The van der Waals surface area contributed by atoms with Crippen LogP contribution in [0.4, 0.5) is 11.7 Å². The summed E-state index contributed by atoms with van der Waals surface area (Å²) in [5.74, 6) is 0. The molecule has 0 atom stereocenters. The van der Waals surface area contributed by atoms with Crippen LogP contribution in [-0.4, -0.2) is 30.0 Å². The average Bonchev–Trinajstić information content (AvgIpc) is 2.76. The number of hydrogen-bond acceptors (Lipinski definition) is 6. The molecule has 0 saturated heterocycles. The first-order chi connectivity index (χ1) is 8.70. The highest BCUT2D eigenvalue weighted by molar-refractivity contribution is 5.77. The van der Waals surface area contributed by atoms with E-state index in [-0.39, 0.29) is 5.69 Å². The fourth-order valence-electron chi connectivity index (χ4n) is 1.57. The van der Waals surface area contributed by atoms with Gasteiger partial charge in [-0.2, -0.15) is 4.98 Å². The lowest BCUT2D eigenvalue weighted by Gasteiger charge is -1.99. The van der Waals surface area contributed by atoms with E-state index in [4.69, 9.17) is 4.42 Å². The van der Waals surface area contributed by atoms with Crippen molar-refractivity contribution in [3.05, 3.63) is 28.3 Å². The van der Waals surface area contributed by atoms with Crippen molar-refractivity contribution < 1.29 is 9.34 Å². The maximum absolute atomic E-state index is 10.6. The molecule has 0 aliphatic carbocycles. The van der Waals surface area contributed by atoms with E-state index in [2.05, 4.69) is 15.6 Å². The summed E-state index contributed by atoms with van der Waals surface area (Å²) in [5.41, 5.74) is 1.04. The Morgan fingerprint density at radius 3 is 3.00 bits per heavy atom. The number of nitro benzene ring substituents is 1. The predicted octanol–water partition coefficient (Wildman–Crippen LogP) is 1.76. The smallest absolute Gasteiger partial charge is 0.295 e. The van der Waals surface area contributed by atoms with Crippen molar-refractivity contribution in [1.29, 1.82) is 0 Å². The second-order valence-electron chi connectivity index (χ2n) is 3.81. The van der Waals surface area contributed by atoms with Gasteiger partial charge in [-0.15, -0.1) is 0 Å². The summed E-state index contributed by atoms with van der Waals surface area (Å²) >= 11 is 0. The second kappa shape index (κ2) is 5.46. The van der Waals surface area contributed by atoms with Gasteiger partial charge in [0.15, 0.2) is 5.58 Å². The molecule has 0 aliphatic rings. The van der Waals surface area contributed by atoms with Crippen molar-refractivity contribution in [3.63, 3.8) is 0 Å². The summed E-state index contributed by atoms with van der Waals surface area (Å²) in [6.07, 6.45) is 0.940. The number of nitro groups is 1. The number of hydrogen-bond donors (Lipinski definition) is 2. The van der Waals surface area contributed by atoms with Crippen LogP contribution >= 0.6 is 0 Å². The minimum Gasteiger partial charge on any atom is -0.424 e. The van der Waals surface area contributed by atoms with E-state index >= 15 is 0 Å². The Morgan fingerprint density at radius 2 is 2.28 bits per heavy atom. The highest BCUT2D eigenvalue weighted by Gasteiger charge is 2.11. The number of benzene rings is 1. The lowest BCUT2D eigenvalue weighted by Crippen LogP contribution is -2.12. The summed E-state index contributed by atoms with van der Waals surface area (Å²) < 4.78 is 5.42. The van der Waals surface area contributed by atoms with Crippen LogP contribution < -0.4 is 10.6 Å². The molecule has 2 N–H and O–H groups in total. The van der Waals surface area contributed by atoms with Crippen LogP contribution in [0.15, 0.2) is 22.6 Å². The first-order valence-electron chi connectivity index (χ1n) is 5.64. The zero-order valence-corrected chi connectivity index (χ0v) is 9.97. The van der Waals surface area contributed by atoms with Gasteiger partial charge in [0.25, 0.3) is 11.7 Å². The molecule has 0 spiro atoms. The van der Waals surface area contributed by atoms with Crippen molar-refractivity contribution in [2.75, 3.05) is 25.5 Å². The lowest BCUT2D eigenvalue weighted by atomic mass is 10.3. The van der Waals surface area contributed by atoms with Crippen LogP contribution in [0.5, 0.6) is 0 Å². The molecular formula is C11H14N4O3. The van der Waals surface area contributed by atoms with Gasteiger partial charge in [0.2, 0.25) is 0 Å². The van der Waals surface area contributed by atoms with Crippen LogP contribution in [-0.2, 0) is 0 Å². The molecule has 0 radical (unpaired) electrons. The summed E-state index contributed by atoms with van der Waals surface area (Å²) in [4.78, 5) is 14.3. The molecule has 7 heteroatoms. The number of nitrogens with one attached hydrogen (secondary N) is 2. The largest absolute Gasteiger partial charge is 0.424 e. The number of oxazole rings is 1. The normalized spacial score (nSPS) is 10.7. The Labute approximate surface area is 103 Å². The summed E-state index contributed by atoms with van der Waals surface area (Å²) in [6.45, 7) is 1.63. The Hall–Kier alpha value is -2.15. The highest BCUT2D eigenvalue weighted by atomic mass is 16.6. The van der Waals surface area contributed by atoms with Gasteiger partial charge in [0.05, 0.1) is 4.92 Å². The van der Waals surface area contributed by atoms with Crippen molar-refractivity contribution in [3.8, 4) is 0 Å². The molecule has 96 valence electrons. The third kappa shape index (κ3) is 2.75. The molecular weight excluding hydrogens is 236 g/mol. The van der Waals surface area contributed by atoms with E-state index in [9.17, 15) is 10.1 Å². The second-order valence-corrected chi connectivity index (χ2v) is 3.81. The Morgan fingerprint density at radius 1 is 1.44 bits per heavy atom. The van der Waals surface area contributed by atoms with Crippen molar-refractivity contribution in [2.45, 2.75) is 6.42 Å². The van der Waals surface area contributed by atoms with E-state index < -0.39 is 4.92 Å². The van der Waals surface area contributed by atoms with E-state index in [1.54, 1.807) is 6.07 Å². The summed E-state index contributed by atoms with van der Waals surface area (Å²) in [6, 6.07) is 4.75. The van der Waals surface area contributed by atoms with E-state index in [1.807, 2.05) is 7.05 Å². The summed E-state index contributed by atoms with van der Waals surface area (Å²) in [7, 11) is 1.89. The minimum atomic E-state index is -0.450. The third-order valence-electron chi connectivity index (χ3n) is 2.46. The molecule has 18 heavy (non-hydrogen) atoms. The number of aromatic nitrogens is 1. The maximum Gasteiger partial charge on any atom is 0.295 e. The fraction of sp³-hybridized carbons (Fsp3) is 0.364. The molecule has 1 heterocycles. The molecule has 1 aromatic heterocycles. The van der Waals surface area contributed by atoms with Crippen LogP contribution in [0, 0.1) is 10.1 Å². The molecule has 0 saturated carbocycles. The Bertz CT molecular complexity index is 552. The van der Waals surface area contributed by atoms with Crippen LogP contribution in [0.3, 0.4) is 0 Å². The van der Waals surface area contributed by atoms with Gasteiger partial charge in [-0.3, -0.25) is 10.1 Å². The predicted molar refractivity (Wildman–Crippen MR) is 67.7 cm³/mol. The van der Waals surface area contributed by atoms with Crippen LogP contribution in [0.25, 0.3) is 11.1 Å². The van der Waals surface area contributed by atoms with Crippen molar-refractivity contribution in [2.24, 2.45) is 0 Å². The highest BCUT2D eigenvalue weighted by Crippen LogP contribution is 2.23. The minimum absolute atomic E-state index is 0.0116. The van der Waals surface area contributed by atoms with Gasteiger partial charge in [0.1, 0.15) is 5.52 Å². The van der Waals surface area contributed by atoms with Crippen molar-refractivity contribution in [1.82, 2.24) is 10.3 Å². The maximum atomic E-state index is 10.6. The first-order valence-corrected chi connectivity index (χ1v) is 5.64. The van der Waals surface area contributed by atoms with Gasteiger partial charge < -0.3 is 15.1 Å². The number of anilines is 1. The van der Waals surface area contributed by atoms with E-state index in [0.29, 0.717) is 17.1 Å². The van der Waals surface area contributed by atoms with Gasteiger partial charge in [-0.05, 0) is 26.1 Å². The molecule has 0 fully saturated rings. The van der Waals surface area contributed by atoms with Gasteiger partial charge in [-0.25, -0.2) is 0 Å². The van der Waals surface area contributed by atoms with E-state index in [1.165, 1.54) is 12.1 Å². The van der Waals surface area contributed by atoms with Crippen LogP contribution in [0.2, 0.25) is 0 Å². The number of non-ortho nitro benzene ring substituents is 1. The molecule has 7 nitrogen and oxygen atoms in total. The SMILES string of the molecule is CNCCCNc1nc2cc([N+](=O)[O-])ccc2o1. The Kier molecular flexibility index (Phi) is 3.73. The first kappa shape index (κ1) is 12.3. The van der Waals surface area contributed by atoms with E-state index in [0.717, 1.165) is 19.5 Å². The average molecular weight is 250 g/mol. The number of rotatable bonds is 6. The third-order valence-corrected chi connectivity index (χ3v) is 2.46. The zero-order valence-electron chi connectivity index (χ0n) is 9.97. The fourth-order valence-corrected chi connectivity index (χ4v) is 1.57. The molecule has 0 bridgehead atoms. The van der Waals surface area contributed by atoms with Gasteiger partial charge in [0, 0.05) is 18.7 Å². The molecule has 0 unspecified atom stereocenters. The lowest BCUT2D eigenvalue weighted by molar-refractivity contribution is -0.384. The molecule has 2 aromatic rings. The molecule has 0 amide bonds. The van der Waals surface area contributed by atoms with Crippen LogP contribution in [0.1, 0.15) is 6.42 Å². The monoisotopic (exact) mass is 250 g/mol. The zero-order chi connectivity index (χ0) is 13.0. The summed E-state index contributed by atoms with van der Waals surface area (Å²) in [5, 5.41) is 16.7. The van der Waals surface area contributed by atoms with Crippen molar-refractivity contribution >= 4 is 22.8 Å². The van der Waals surface area contributed by atoms with Gasteiger partial charge >= 0.3 is 0 Å².